The van der Waals surface area contributed by atoms with Crippen LogP contribution in [0.4, 0.5) is 0 Å². The lowest BCUT2D eigenvalue weighted by Crippen LogP contribution is -2.30. The molecule has 0 aromatic carbocycles. The van der Waals surface area contributed by atoms with Crippen LogP contribution in [0.25, 0.3) is 0 Å². The van der Waals surface area contributed by atoms with Crippen molar-refractivity contribution in [2.75, 3.05) is 6.61 Å². The molecule has 0 radical (unpaired) electrons. The van der Waals surface area contributed by atoms with Crippen molar-refractivity contribution in [3.8, 4) is 0 Å². The largest absolute Gasteiger partial charge is 0.462 e. The van der Waals surface area contributed by atoms with Crippen LogP contribution < -0.4 is 0 Å². The number of esters is 1. The van der Waals surface area contributed by atoms with Gasteiger partial charge in [0.15, 0.2) is 0 Å². The fraction of sp³-hybridized carbons (Fsp3) is 0.545. The molecule has 5 nitrogen and oxygen atoms in total. The first-order valence-electron chi connectivity index (χ1n) is 5.39. The first-order valence-corrected chi connectivity index (χ1v) is 5.39. The monoisotopic (exact) mass is 223 g/mol. The number of fused-ring (bicyclic) bond motifs is 1. The molecule has 0 aromatic rings. The summed E-state index contributed by atoms with van der Waals surface area (Å²) in [4.78, 5) is 22.2. The van der Waals surface area contributed by atoms with Gasteiger partial charge in [0.1, 0.15) is 5.57 Å². The van der Waals surface area contributed by atoms with E-state index in [9.17, 15) is 14.9 Å². The molecule has 0 heterocycles. The molecular formula is C11H13NO4. The van der Waals surface area contributed by atoms with Crippen molar-refractivity contribution in [3.05, 3.63) is 33.5 Å². The van der Waals surface area contributed by atoms with Crippen LogP contribution in [0, 0.1) is 22.0 Å². The summed E-state index contributed by atoms with van der Waals surface area (Å²) in [6.45, 7) is 1.94. The third kappa shape index (κ3) is 1.62. The van der Waals surface area contributed by atoms with Crippen LogP contribution in [-0.4, -0.2) is 17.5 Å². The Labute approximate surface area is 92.9 Å². The van der Waals surface area contributed by atoms with E-state index in [2.05, 4.69) is 0 Å². The maximum absolute atomic E-state index is 11.7. The Morgan fingerprint density at radius 3 is 2.62 bits per heavy atom. The van der Waals surface area contributed by atoms with E-state index in [-0.39, 0.29) is 29.7 Å². The Bertz CT molecular complexity index is 397. The molecule has 86 valence electrons. The van der Waals surface area contributed by atoms with Crippen molar-refractivity contribution >= 4 is 5.97 Å². The molecule has 0 saturated heterocycles. The van der Waals surface area contributed by atoms with Gasteiger partial charge in [0.05, 0.1) is 17.4 Å². The second-order valence-electron chi connectivity index (χ2n) is 3.95. The van der Waals surface area contributed by atoms with Gasteiger partial charge in [-0.2, -0.15) is 0 Å². The number of nitro groups is 1. The van der Waals surface area contributed by atoms with E-state index in [1.165, 1.54) is 0 Å². The van der Waals surface area contributed by atoms with E-state index in [4.69, 9.17) is 4.74 Å². The number of allylic oxidation sites excluding steroid dienone is 2. The predicted molar refractivity (Wildman–Crippen MR) is 56.0 cm³/mol. The zero-order chi connectivity index (χ0) is 11.7. The topological polar surface area (TPSA) is 69.4 Å². The second kappa shape index (κ2) is 4.08. The minimum absolute atomic E-state index is 0.0391. The summed E-state index contributed by atoms with van der Waals surface area (Å²) in [7, 11) is 0. The highest BCUT2D eigenvalue weighted by atomic mass is 16.6. The molecule has 3 aliphatic carbocycles. The van der Waals surface area contributed by atoms with Gasteiger partial charge in [0.25, 0.3) is 5.70 Å². The number of ether oxygens (including phenoxy) is 1. The molecule has 0 aliphatic heterocycles. The van der Waals surface area contributed by atoms with Gasteiger partial charge in [-0.25, -0.2) is 4.79 Å². The molecule has 0 amide bonds. The summed E-state index contributed by atoms with van der Waals surface area (Å²) in [5.74, 6) is -0.892. The lowest BCUT2D eigenvalue weighted by molar-refractivity contribution is -0.435. The van der Waals surface area contributed by atoms with E-state index < -0.39 is 10.9 Å². The SMILES string of the molecule is CCOC(=O)C1=C([N+](=O)[O-])C2C=CC1CC2. The van der Waals surface area contributed by atoms with Gasteiger partial charge in [-0.15, -0.1) is 0 Å². The quantitative estimate of drug-likeness (QED) is 0.316. The smallest absolute Gasteiger partial charge is 0.341 e. The van der Waals surface area contributed by atoms with Gasteiger partial charge >= 0.3 is 5.97 Å². The summed E-state index contributed by atoms with van der Waals surface area (Å²) in [5.41, 5.74) is 0.294. The highest BCUT2D eigenvalue weighted by molar-refractivity contribution is 5.90. The van der Waals surface area contributed by atoms with E-state index in [0.29, 0.717) is 0 Å². The maximum atomic E-state index is 11.7. The van der Waals surface area contributed by atoms with Gasteiger partial charge in [-0.05, 0) is 19.8 Å². The Morgan fingerprint density at radius 1 is 1.50 bits per heavy atom. The Hall–Kier alpha value is -1.65. The highest BCUT2D eigenvalue weighted by Gasteiger charge is 2.42. The molecule has 0 fully saturated rings. The van der Waals surface area contributed by atoms with Gasteiger partial charge in [0.2, 0.25) is 0 Å². The molecule has 2 bridgehead atoms. The molecule has 0 saturated carbocycles. The molecule has 0 spiro atoms. The summed E-state index contributed by atoms with van der Waals surface area (Å²) in [6.07, 6.45) is 5.26. The van der Waals surface area contributed by atoms with Crippen molar-refractivity contribution in [2.24, 2.45) is 11.8 Å². The highest BCUT2D eigenvalue weighted by Crippen LogP contribution is 2.41. The molecule has 3 aliphatic rings. The van der Waals surface area contributed by atoms with Crippen LogP contribution in [0.5, 0.6) is 0 Å². The standard InChI is InChI=1S/C11H13NO4/c1-2-16-11(13)9-7-3-5-8(6-4-7)10(9)12(14)15/h3,5,7-8H,2,4,6H2,1H3. The van der Waals surface area contributed by atoms with Gasteiger partial charge in [0, 0.05) is 5.92 Å². The maximum Gasteiger partial charge on any atom is 0.341 e. The number of rotatable bonds is 3. The third-order valence-corrected chi connectivity index (χ3v) is 3.05. The number of nitrogens with zero attached hydrogens (tertiary/aromatic N) is 1. The molecule has 0 aromatic heterocycles. The average Bonchev–Trinajstić information content (AvgIpc) is 2.29. The number of hydrogen-bond donors (Lipinski definition) is 0. The van der Waals surface area contributed by atoms with Crippen LogP contribution in [-0.2, 0) is 9.53 Å². The summed E-state index contributed by atoms with van der Waals surface area (Å²) < 4.78 is 4.88. The molecule has 2 atom stereocenters. The Kier molecular flexibility index (Phi) is 2.77. The van der Waals surface area contributed by atoms with E-state index >= 15 is 0 Å². The van der Waals surface area contributed by atoms with E-state index in [1.54, 1.807) is 6.92 Å². The first-order chi connectivity index (χ1) is 7.65. The van der Waals surface area contributed by atoms with Gasteiger partial charge < -0.3 is 4.74 Å². The minimum Gasteiger partial charge on any atom is -0.462 e. The molecule has 16 heavy (non-hydrogen) atoms. The normalized spacial score (nSPS) is 27.1. The van der Waals surface area contributed by atoms with Crippen molar-refractivity contribution in [1.29, 1.82) is 0 Å². The number of carbonyl (C=O) groups excluding carboxylic acids is 1. The van der Waals surface area contributed by atoms with Gasteiger partial charge in [-0.3, -0.25) is 10.1 Å². The first kappa shape index (κ1) is 10.9. The molecule has 0 N–H and O–H groups in total. The third-order valence-electron chi connectivity index (χ3n) is 3.05. The lowest BCUT2D eigenvalue weighted by atomic mass is 9.74. The van der Waals surface area contributed by atoms with Gasteiger partial charge in [-0.1, -0.05) is 12.2 Å². The van der Waals surface area contributed by atoms with Crippen molar-refractivity contribution in [1.82, 2.24) is 0 Å². The Balaban J connectivity index is 2.40. The van der Waals surface area contributed by atoms with E-state index in [0.717, 1.165) is 12.8 Å². The Morgan fingerprint density at radius 2 is 2.12 bits per heavy atom. The zero-order valence-corrected chi connectivity index (χ0v) is 9.01. The minimum atomic E-state index is -0.534. The molecule has 3 rings (SSSR count). The summed E-state index contributed by atoms with van der Waals surface area (Å²) in [5, 5.41) is 11.0. The van der Waals surface area contributed by atoms with Crippen LogP contribution in [0.2, 0.25) is 0 Å². The predicted octanol–water partition coefficient (Wildman–Crippen LogP) is 1.68. The summed E-state index contributed by atoms with van der Waals surface area (Å²) >= 11 is 0. The molecule has 5 heteroatoms. The van der Waals surface area contributed by atoms with Crippen molar-refractivity contribution in [2.45, 2.75) is 19.8 Å². The van der Waals surface area contributed by atoms with Crippen LogP contribution in [0.1, 0.15) is 19.8 Å². The average molecular weight is 223 g/mol. The lowest BCUT2D eigenvalue weighted by Gasteiger charge is -2.29. The summed E-state index contributed by atoms with van der Waals surface area (Å²) in [6, 6.07) is 0. The van der Waals surface area contributed by atoms with Crippen LogP contribution in [0.15, 0.2) is 23.4 Å². The van der Waals surface area contributed by atoms with Crippen LogP contribution in [0.3, 0.4) is 0 Å². The van der Waals surface area contributed by atoms with E-state index in [1.807, 2.05) is 12.2 Å². The van der Waals surface area contributed by atoms with Crippen molar-refractivity contribution < 1.29 is 14.5 Å². The van der Waals surface area contributed by atoms with Crippen molar-refractivity contribution in [3.63, 3.8) is 0 Å². The fourth-order valence-corrected chi connectivity index (χ4v) is 2.38. The number of carbonyl (C=O) groups is 1. The zero-order valence-electron chi connectivity index (χ0n) is 9.01. The number of hydrogen-bond acceptors (Lipinski definition) is 4. The molecular weight excluding hydrogens is 210 g/mol. The second-order valence-corrected chi connectivity index (χ2v) is 3.95. The fourth-order valence-electron chi connectivity index (χ4n) is 2.38. The molecule has 2 unspecified atom stereocenters. The van der Waals surface area contributed by atoms with Crippen LogP contribution >= 0.6 is 0 Å².